The first-order chi connectivity index (χ1) is 7.48. The van der Waals surface area contributed by atoms with Crippen LogP contribution >= 0.6 is 15.9 Å². The first-order valence-electron chi connectivity index (χ1n) is 4.05. The first-order valence-corrected chi connectivity index (χ1v) is 6.50. The van der Waals surface area contributed by atoms with E-state index in [9.17, 15) is 8.42 Å². The predicted octanol–water partition coefficient (Wildman–Crippen LogP) is 1.59. The third kappa shape index (κ3) is 3.23. The molecule has 1 aromatic rings. The van der Waals surface area contributed by atoms with Gasteiger partial charge >= 0.3 is 0 Å². The Morgan fingerprint density at radius 2 is 2.06 bits per heavy atom. The minimum atomic E-state index is -3.65. The Morgan fingerprint density at radius 3 is 2.56 bits per heavy atom. The second-order valence-corrected chi connectivity index (χ2v) is 5.40. The SMILES string of the molecule is N#CCS(=O)(=O)Nc1ccc(C#N)cc1Br. The summed E-state index contributed by atoms with van der Waals surface area (Å²) in [5, 5.41) is 16.9. The van der Waals surface area contributed by atoms with Crippen LogP contribution in [0.5, 0.6) is 0 Å². The van der Waals surface area contributed by atoms with E-state index in [0.29, 0.717) is 15.7 Å². The second kappa shape index (κ2) is 4.97. The lowest BCUT2D eigenvalue weighted by Crippen LogP contribution is -2.15. The van der Waals surface area contributed by atoms with Crippen molar-refractivity contribution in [3.63, 3.8) is 0 Å². The van der Waals surface area contributed by atoms with Crippen molar-refractivity contribution in [2.24, 2.45) is 0 Å². The van der Waals surface area contributed by atoms with E-state index in [-0.39, 0.29) is 0 Å². The standard InChI is InChI=1S/C9H6BrN3O2S/c10-8-5-7(6-12)1-2-9(8)13-16(14,15)4-3-11/h1-2,5,13H,4H2. The molecule has 0 bridgehead atoms. The normalized spacial score (nSPS) is 10.2. The van der Waals surface area contributed by atoms with Crippen molar-refractivity contribution in [1.82, 2.24) is 0 Å². The van der Waals surface area contributed by atoms with Crippen LogP contribution in [0.1, 0.15) is 5.56 Å². The summed E-state index contributed by atoms with van der Waals surface area (Å²) in [6.07, 6.45) is 0. The number of hydrogen-bond acceptors (Lipinski definition) is 4. The highest BCUT2D eigenvalue weighted by atomic mass is 79.9. The zero-order chi connectivity index (χ0) is 12.2. The Balaban J connectivity index is 3.01. The maximum absolute atomic E-state index is 11.3. The van der Waals surface area contributed by atoms with Crippen LogP contribution in [0, 0.1) is 22.7 Å². The number of nitriles is 2. The third-order valence-corrected chi connectivity index (χ3v) is 3.31. The van der Waals surface area contributed by atoms with E-state index in [1.165, 1.54) is 18.2 Å². The quantitative estimate of drug-likeness (QED) is 0.917. The predicted molar refractivity (Wildman–Crippen MR) is 61.9 cm³/mol. The van der Waals surface area contributed by atoms with Crippen molar-refractivity contribution in [2.45, 2.75) is 0 Å². The average molecular weight is 300 g/mol. The number of nitrogens with zero attached hydrogens (tertiary/aromatic N) is 2. The van der Waals surface area contributed by atoms with Crippen LogP contribution < -0.4 is 4.72 Å². The van der Waals surface area contributed by atoms with Crippen LogP contribution in [0.2, 0.25) is 0 Å². The van der Waals surface area contributed by atoms with Crippen LogP contribution in [0.3, 0.4) is 0 Å². The maximum atomic E-state index is 11.3. The van der Waals surface area contributed by atoms with Gasteiger partial charge in [0.2, 0.25) is 10.0 Å². The van der Waals surface area contributed by atoms with Gasteiger partial charge in [0, 0.05) is 4.47 Å². The minimum Gasteiger partial charge on any atom is -0.282 e. The molecular formula is C9H6BrN3O2S. The molecule has 0 spiro atoms. The molecule has 82 valence electrons. The van der Waals surface area contributed by atoms with E-state index < -0.39 is 15.8 Å². The smallest absolute Gasteiger partial charge is 0.246 e. The monoisotopic (exact) mass is 299 g/mol. The van der Waals surface area contributed by atoms with Gasteiger partial charge in [-0.25, -0.2) is 8.42 Å². The minimum absolute atomic E-state index is 0.300. The Hall–Kier alpha value is -1.57. The van der Waals surface area contributed by atoms with E-state index in [0.717, 1.165) is 0 Å². The molecule has 7 heteroatoms. The molecule has 0 radical (unpaired) electrons. The highest BCUT2D eigenvalue weighted by Crippen LogP contribution is 2.24. The van der Waals surface area contributed by atoms with Crippen molar-refractivity contribution in [1.29, 1.82) is 10.5 Å². The molecule has 1 aromatic carbocycles. The Bertz CT molecular complexity index is 584. The topological polar surface area (TPSA) is 93.8 Å². The van der Waals surface area contributed by atoms with E-state index >= 15 is 0 Å². The van der Waals surface area contributed by atoms with Gasteiger partial charge in [0.25, 0.3) is 0 Å². The number of sulfonamides is 1. The number of hydrogen-bond donors (Lipinski definition) is 1. The van der Waals surface area contributed by atoms with Gasteiger partial charge < -0.3 is 0 Å². The van der Waals surface area contributed by atoms with Gasteiger partial charge in [0.1, 0.15) is 0 Å². The van der Waals surface area contributed by atoms with E-state index in [1.54, 1.807) is 6.07 Å². The molecule has 0 atom stereocenters. The highest BCUT2D eigenvalue weighted by molar-refractivity contribution is 9.10. The fourth-order valence-corrected chi connectivity index (χ4v) is 2.32. The summed E-state index contributed by atoms with van der Waals surface area (Å²) < 4.78 is 25.3. The van der Waals surface area contributed by atoms with Crippen LogP contribution in [0.25, 0.3) is 0 Å². The number of halogens is 1. The van der Waals surface area contributed by atoms with Crippen LogP contribution in [-0.4, -0.2) is 14.2 Å². The summed E-state index contributed by atoms with van der Waals surface area (Å²) in [5.41, 5.74) is 0.712. The van der Waals surface area contributed by atoms with Crippen molar-refractivity contribution >= 4 is 31.6 Å². The lowest BCUT2D eigenvalue weighted by atomic mass is 10.2. The second-order valence-electron chi connectivity index (χ2n) is 2.83. The van der Waals surface area contributed by atoms with Crippen LogP contribution in [0.15, 0.2) is 22.7 Å². The zero-order valence-corrected chi connectivity index (χ0v) is 10.3. The lowest BCUT2D eigenvalue weighted by Gasteiger charge is -2.07. The zero-order valence-electron chi connectivity index (χ0n) is 7.94. The molecule has 5 nitrogen and oxygen atoms in total. The number of nitrogens with one attached hydrogen (secondary N) is 1. The number of anilines is 1. The van der Waals surface area contributed by atoms with Gasteiger partial charge in [0.15, 0.2) is 5.75 Å². The van der Waals surface area contributed by atoms with E-state index in [1.807, 2.05) is 6.07 Å². The van der Waals surface area contributed by atoms with E-state index in [2.05, 4.69) is 20.7 Å². The molecule has 0 saturated carbocycles. The lowest BCUT2D eigenvalue weighted by molar-refractivity contribution is 0.604. The molecule has 0 amide bonds. The molecule has 0 unspecified atom stereocenters. The summed E-state index contributed by atoms with van der Waals surface area (Å²) >= 11 is 3.13. The summed E-state index contributed by atoms with van der Waals surface area (Å²) in [4.78, 5) is 0. The summed E-state index contributed by atoms with van der Waals surface area (Å²) in [5.74, 6) is -0.612. The number of benzene rings is 1. The Labute approximate surface area is 101 Å². The maximum Gasteiger partial charge on any atom is 0.246 e. The molecule has 0 fully saturated rings. The average Bonchev–Trinajstić information content (AvgIpc) is 2.20. The van der Waals surface area contributed by atoms with Crippen molar-refractivity contribution in [3.05, 3.63) is 28.2 Å². The van der Waals surface area contributed by atoms with Crippen LogP contribution in [0.4, 0.5) is 5.69 Å². The molecule has 0 aromatic heterocycles. The largest absolute Gasteiger partial charge is 0.282 e. The molecule has 0 heterocycles. The fourth-order valence-electron chi connectivity index (χ4n) is 0.956. The van der Waals surface area contributed by atoms with Gasteiger partial charge in [-0.3, -0.25) is 4.72 Å². The molecule has 1 rings (SSSR count). The van der Waals surface area contributed by atoms with Gasteiger partial charge in [-0.15, -0.1) is 0 Å². The highest BCUT2D eigenvalue weighted by Gasteiger charge is 2.11. The summed E-state index contributed by atoms with van der Waals surface area (Å²) in [6.45, 7) is 0. The van der Waals surface area contributed by atoms with Gasteiger partial charge in [0.05, 0.1) is 23.4 Å². The van der Waals surface area contributed by atoms with Crippen molar-refractivity contribution < 1.29 is 8.42 Å². The van der Waals surface area contributed by atoms with Crippen molar-refractivity contribution in [2.75, 3.05) is 10.5 Å². The molecule has 1 N–H and O–H groups in total. The third-order valence-electron chi connectivity index (χ3n) is 1.62. The van der Waals surface area contributed by atoms with Crippen LogP contribution in [-0.2, 0) is 10.0 Å². The Kier molecular flexibility index (Phi) is 3.88. The summed E-state index contributed by atoms with van der Waals surface area (Å²) in [7, 11) is -3.65. The molecule has 16 heavy (non-hydrogen) atoms. The molecular weight excluding hydrogens is 294 g/mol. The molecule has 0 aliphatic carbocycles. The summed E-state index contributed by atoms with van der Waals surface area (Å²) in [6, 6.07) is 7.90. The molecule has 0 saturated heterocycles. The molecule has 0 aliphatic rings. The van der Waals surface area contributed by atoms with Gasteiger partial charge in [-0.05, 0) is 34.1 Å². The first kappa shape index (κ1) is 12.5. The number of rotatable bonds is 3. The Morgan fingerprint density at radius 1 is 1.38 bits per heavy atom. The van der Waals surface area contributed by atoms with Crippen molar-refractivity contribution in [3.8, 4) is 12.1 Å². The van der Waals surface area contributed by atoms with Gasteiger partial charge in [-0.2, -0.15) is 10.5 Å². The molecule has 0 aliphatic heterocycles. The van der Waals surface area contributed by atoms with Gasteiger partial charge in [-0.1, -0.05) is 0 Å². The van der Waals surface area contributed by atoms with E-state index in [4.69, 9.17) is 10.5 Å². The fraction of sp³-hybridized carbons (Fsp3) is 0.111.